The molecule has 0 amide bonds. The molecule has 2 aliphatic rings. The highest BCUT2D eigenvalue weighted by Crippen LogP contribution is 2.63. The van der Waals surface area contributed by atoms with Gasteiger partial charge in [-0.2, -0.15) is 0 Å². The molecule has 10 aromatic carbocycles. The average Bonchev–Trinajstić information content (AvgIpc) is 4.10. The van der Waals surface area contributed by atoms with Gasteiger partial charge in [0.15, 0.2) is 0 Å². The van der Waals surface area contributed by atoms with Gasteiger partial charge >= 0.3 is 0 Å². The summed E-state index contributed by atoms with van der Waals surface area (Å²) in [4.78, 5) is 2.43. The van der Waals surface area contributed by atoms with Crippen LogP contribution in [0.5, 0.6) is 0 Å². The third-order valence-corrected chi connectivity index (χ3v) is 13.9. The van der Waals surface area contributed by atoms with E-state index in [0.717, 1.165) is 77.6 Å². The Hall–Kier alpha value is -8.40. The second-order valence-corrected chi connectivity index (χ2v) is 17.1. The highest BCUT2D eigenvalue weighted by atomic mass is 16.3. The Morgan fingerprint density at radius 1 is 0.328 bits per heavy atom. The van der Waals surface area contributed by atoms with Crippen molar-refractivity contribution in [1.82, 2.24) is 0 Å². The first-order chi connectivity index (χ1) is 31.8. The third-order valence-electron chi connectivity index (χ3n) is 13.9. The molecule has 0 fully saturated rings. The van der Waals surface area contributed by atoms with Crippen LogP contribution in [0.4, 0.5) is 17.1 Å². The fraction of sp³-hybridized carbons (Fsp3) is 0.0164. The molecule has 2 aromatic heterocycles. The molecule has 3 nitrogen and oxygen atoms in total. The largest absolute Gasteiger partial charge is 0.456 e. The monoisotopic (exact) mass is 815 g/mol. The molecule has 0 saturated heterocycles. The molecule has 3 heteroatoms. The summed E-state index contributed by atoms with van der Waals surface area (Å²) >= 11 is 0. The molecule has 0 unspecified atom stereocenters. The first-order valence-corrected chi connectivity index (χ1v) is 22.0. The van der Waals surface area contributed by atoms with Gasteiger partial charge in [0.25, 0.3) is 0 Å². The molecule has 0 aliphatic heterocycles. The minimum absolute atomic E-state index is 0.477. The van der Waals surface area contributed by atoms with Gasteiger partial charge in [-0.05, 0) is 116 Å². The number of furan rings is 2. The van der Waals surface area contributed by atoms with Crippen molar-refractivity contribution in [2.45, 2.75) is 5.41 Å². The summed E-state index contributed by atoms with van der Waals surface area (Å²) in [5, 5.41) is 4.27. The van der Waals surface area contributed by atoms with E-state index in [1.165, 1.54) is 50.1 Å². The van der Waals surface area contributed by atoms with Crippen molar-refractivity contribution in [3.8, 4) is 44.5 Å². The van der Waals surface area contributed by atoms with E-state index in [9.17, 15) is 0 Å². The number of para-hydroxylation sites is 2. The summed E-state index contributed by atoms with van der Waals surface area (Å²) in [5.74, 6) is 0. The zero-order chi connectivity index (χ0) is 41.9. The lowest BCUT2D eigenvalue weighted by Gasteiger charge is -2.32. The number of fused-ring (bicyclic) bond motifs is 17. The summed E-state index contributed by atoms with van der Waals surface area (Å²) in [6, 6.07) is 81.4. The van der Waals surface area contributed by atoms with Crippen LogP contribution in [-0.2, 0) is 5.41 Å². The van der Waals surface area contributed by atoms with E-state index >= 15 is 0 Å². The summed E-state index contributed by atoms with van der Waals surface area (Å²) in [7, 11) is 0. The smallest absolute Gasteiger partial charge is 0.145 e. The Morgan fingerprint density at radius 2 is 0.859 bits per heavy atom. The summed E-state index contributed by atoms with van der Waals surface area (Å²) in [6.45, 7) is 0. The molecule has 2 heterocycles. The standard InChI is InChI=1S/C61H37NO2/c1-3-15-38(16-4-1)39-27-29-40(30-28-39)57-53(34-33-48-59-56(64-60(48)57)36-35-55-58(59)47-22-10-14-26-54(47)63-55)62(41-17-5-2-6-18-41)42-31-32-46-45-21-9-13-25-51(45)61(52(46)37-42)49-23-11-7-19-43(49)44-20-8-12-24-50(44)61/h1-37H. The Balaban J connectivity index is 1.06. The van der Waals surface area contributed by atoms with Gasteiger partial charge in [-0.15, -0.1) is 0 Å². The minimum atomic E-state index is -0.477. The number of rotatable bonds is 5. The Kier molecular flexibility index (Phi) is 7.32. The van der Waals surface area contributed by atoms with Crippen LogP contribution in [0.1, 0.15) is 22.3 Å². The lowest BCUT2D eigenvalue weighted by molar-refractivity contribution is 0.663. The summed E-state index contributed by atoms with van der Waals surface area (Å²) < 4.78 is 13.6. The van der Waals surface area contributed by atoms with Gasteiger partial charge < -0.3 is 13.7 Å². The van der Waals surface area contributed by atoms with Gasteiger partial charge in [0.2, 0.25) is 0 Å². The van der Waals surface area contributed by atoms with E-state index in [-0.39, 0.29) is 0 Å². The second kappa shape index (κ2) is 13.3. The van der Waals surface area contributed by atoms with E-state index in [4.69, 9.17) is 8.83 Å². The van der Waals surface area contributed by atoms with Crippen molar-refractivity contribution in [3.05, 3.63) is 247 Å². The molecule has 1 spiro atoms. The van der Waals surface area contributed by atoms with Crippen LogP contribution in [0, 0.1) is 0 Å². The number of hydrogen-bond donors (Lipinski definition) is 0. The van der Waals surface area contributed by atoms with Crippen LogP contribution < -0.4 is 4.90 Å². The second-order valence-electron chi connectivity index (χ2n) is 17.1. The lowest BCUT2D eigenvalue weighted by Crippen LogP contribution is -2.26. The minimum Gasteiger partial charge on any atom is -0.456 e. The number of anilines is 3. The summed E-state index contributed by atoms with van der Waals surface area (Å²) in [5.41, 5.74) is 20.9. The molecular formula is C61H37NO2. The average molecular weight is 816 g/mol. The molecule has 0 bridgehead atoms. The molecule has 0 N–H and O–H groups in total. The molecule has 0 saturated carbocycles. The molecule has 298 valence electrons. The quantitative estimate of drug-likeness (QED) is 0.173. The maximum absolute atomic E-state index is 7.14. The van der Waals surface area contributed by atoms with Gasteiger partial charge in [-0.25, -0.2) is 0 Å². The topological polar surface area (TPSA) is 29.5 Å². The van der Waals surface area contributed by atoms with Crippen LogP contribution in [-0.4, -0.2) is 0 Å². The van der Waals surface area contributed by atoms with Gasteiger partial charge in [0.1, 0.15) is 22.3 Å². The van der Waals surface area contributed by atoms with Crippen LogP contribution in [0.3, 0.4) is 0 Å². The van der Waals surface area contributed by atoms with Crippen molar-refractivity contribution < 1.29 is 8.83 Å². The van der Waals surface area contributed by atoms with E-state index in [2.05, 4.69) is 211 Å². The van der Waals surface area contributed by atoms with E-state index in [1.807, 2.05) is 18.2 Å². The molecule has 2 aliphatic carbocycles. The lowest BCUT2D eigenvalue weighted by atomic mass is 9.70. The number of benzene rings is 10. The fourth-order valence-electron chi connectivity index (χ4n) is 11.3. The zero-order valence-corrected chi connectivity index (χ0v) is 34.6. The molecule has 64 heavy (non-hydrogen) atoms. The van der Waals surface area contributed by atoms with Crippen LogP contribution in [0.2, 0.25) is 0 Å². The SMILES string of the molecule is c1ccc(-c2ccc(-c3c(N(c4ccccc4)c4ccc5c(c4)C4(c6ccccc6-c6ccccc64)c4ccccc4-5)ccc4c3oc3ccc5oc6ccccc6c5c34)cc2)cc1. The normalized spacial score (nSPS) is 13.1. The fourth-order valence-corrected chi connectivity index (χ4v) is 11.3. The van der Waals surface area contributed by atoms with Gasteiger partial charge in [-0.3, -0.25) is 0 Å². The molecule has 0 radical (unpaired) electrons. The van der Waals surface area contributed by atoms with Crippen molar-refractivity contribution in [2.24, 2.45) is 0 Å². The predicted molar refractivity (Wildman–Crippen MR) is 263 cm³/mol. The first kappa shape index (κ1) is 35.2. The highest BCUT2D eigenvalue weighted by molar-refractivity contribution is 6.27. The predicted octanol–water partition coefficient (Wildman–Crippen LogP) is 16.6. The number of nitrogens with zero attached hydrogens (tertiary/aromatic N) is 1. The number of hydrogen-bond acceptors (Lipinski definition) is 3. The van der Waals surface area contributed by atoms with Crippen LogP contribution >= 0.6 is 0 Å². The van der Waals surface area contributed by atoms with Crippen molar-refractivity contribution in [3.63, 3.8) is 0 Å². The van der Waals surface area contributed by atoms with E-state index < -0.39 is 5.41 Å². The highest BCUT2D eigenvalue weighted by Gasteiger charge is 2.51. The van der Waals surface area contributed by atoms with Crippen molar-refractivity contribution in [1.29, 1.82) is 0 Å². The van der Waals surface area contributed by atoms with Crippen LogP contribution in [0.25, 0.3) is 88.4 Å². The van der Waals surface area contributed by atoms with Crippen molar-refractivity contribution in [2.75, 3.05) is 4.90 Å². The molecule has 0 atom stereocenters. The zero-order valence-electron chi connectivity index (χ0n) is 34.6. The van der Waals surface area contributed by atoms with Gasteiger partial charge in [0.05, 0.1) is 11.1 Å². The Morgan fingerprint density at radius 3 is 1.55 bits per heavy atom. The van der Waals surface area contributed by atoms with Crippen molar-refractivity contribution >= 4 is 60.9 Å². The van der Waals surface area contributed by atoms with E-state index in [1.54, 1.807) is 0 Å². The molecule has 12 aromatic rings. The Bertz CT molecular complexity index is 3780. The van der Waals surface area contributed by atoms with Gasteiger partial charge in [-0.1, -0.05) is 170 Å². The summed E-state index contributed by atoms with van der Waals surface area (Å²) in [6.07, 6.45) is 0. The molecular weight excluding hydrogens is 779 g/mol. The third kappa shape index (κ3) is 4.76. The Labute approximate surface area is 369 Å². The first-order valence-electron chi connectivity index (χ1n) is 22.0. The van der Waals surface area contributed by atoms with E-state index in [0.29, 0.717) is 0 Å². The maximum atomic E-state index is 7.14. The van der Waals surface area contributed by atoms with Crippen LogP contribution in [0.15, 0.2) is 233 Å². The van der Waals surface area contributed by atoms with Gasteiger partial charge in [0, 0.05) is 38.5 Å². The maximum Gasteiger partial charge on any atom is 0.145 e. The molecule has 14 rings (SSSR count).